The van der Waals surface area contributed by atoms with Crippen LogP contribution in [0.2, 0.25) is 5.04 Å². The van der Waals surface area contributed by atoms with E-state index in [4.69, 9.17) is 66.0 Å². The molecule has 14 rings (SSSR count). The normalized spacial score (nSPS) is 23.9. The molecule has 11 aromatic carbocycles. The summed E-state index contributed by atoms with van der Waals surface area (Å²) in [6.07, 6.45) is -3.93. The first-order chi connectivity index (χ1) is 56.6. The van der Waals surface area contributed by atoms with Crippen molar-refractivity contribution >= 4 is 18.7 Å². The van der Waals surface area contributed by atoms with Gasteiger partial charge in [-0.15, -0.1) is 0 Å². The molecular formula is C100H106O14Si. The van der Waals surface area contributed by atoms with Crippen LogP contribution in [0.15, 0.2) is 358 Å². The van der Waals surface area contributed by atoms with Gasteiger partial charge in [-0.05, 0) is 65.5 Å². The number of hydrogen-bond donors (Lipinski definition) is 0. The summed E-state index contributed by atoms with van der Waals surface area (Å²) in [4.78, 5) is 0. The van der Waals surface area contributed by atoms with Crippen LogP contribution in [0.4, 0.5) is 0 Å². The fraction of sp³-hybridized carbons (Fsp3) is 0.300. The summed E-state index contributed by atoms with van der Waals surface area (Å²) >= 11 is 0. The first-order valence-corrected chi connectivity index (χ1v) is 42.0. The lowest BCUT2D eigenvalue weighted by Crippen LogP contribution is -2.68. The van der Waals surface area contributed by atoms with Crippen molar-refractivity contribution in [1.82, 2.24) is 0 Å². The van der Waals surface area contributed by atoms with Gasteiger partial charge >= 0.3 is 0 Å². The minimum absolute atomic E-state index is 0.125. The Kier molecular flexibility index (Phi) is 29.9. The molecule has 0 N–H and O–H groups in total. The molecule has 0 aromatic heterocycles. The van der Waals surface area contributed by atoms with Crippen molar-refractivity contribution in [3.63, 3.8) is 0 Å². The Morgan fingerprint density at radius 3 is 0.722 bits per heavy atom. The van der Waals surface area contributed by atoms with E-state index in [9.17, 15) is 0 Å². The highest BCUT2D eigenvalue weighted by Gasteiger charge is 2.55. The van der Waals surface area contributed by atoms with Gasteiger partial charge in [0.1, 0.15) is 85.5 Å². The molecule has 0 saturated carbocycles. The van der Waals surface area contributed by atoms with Crippen LogP contribution in [0.1, 0.15) is 70.8 Å². The second-order valence-electron chi connectivity index (χ2n) is 30.5. The fourth-order valence-electron chi connectivity index (χ4n) is 15.6. The maximum absolute atomic E-state index is 7.96. The van der Waals surface area contributed by atoms with Gasteiger partial charge in [-0.25, -0.2) is 0 Å². The van der Waals surface area contributed by atoms with Crippen molar-refractivity contribution in [1.29, 1.82) is 0 Å². The summed E-state index contributed by atoms with van der Waals surface area (Å²) in [5, 5.41) is 1.89. The van der Waals surface area contributed by atoms with Crippen LogP contribution in [-0.4, -0.2) is 114 Å². The highest BCUT2D eigenvalue weighted by molar-refractivity contribution is 6.99. The highest BCUT2D eigenvalue weighted by Crippen LogP contribution is 2.41. The molecular weight excluding hydrogens is 1450 g/mol. The Balaban J connectivity index is 0.906. The van der Waals surface area contributed by atoms with E-state index in [2.05, 4.69) is 191 Å². The minimum Gasteiger partial charge on any atom is -0.405 e. The van der Waals surface area contributed by atoms with Gasteiger partial charge in [0.15, 0.2) is 6.29 Å². The van der Waals surface area contributed by atoms with E-state index in [0.717, 1.165) is 60.4 Å². The molecule has 0 amide bonds. The van der Waals surface area contributed by atoms with Crippen LogP contribution in [-0.2, 0) is 125 Å². The van der Waals surface area contributed by atoms with Gasteiger partial charge in [0.2, 0.25) is 0 Å². The summed E-state index contributed by atoms with van der Waals surface area (Å²) in [5.74, 6) is 0. The molecule has 3 saturated heterocycles. The SMILES string of the molecule is CO[C@H]1O[C@H](/C=C\[C@@H]2O[C@H](/C=C\[C@@H]3O[C@H](CO[Si](c4ccccc4)(c4ccccc4)C(C)(C)C)[C@@H](OCc4ccccc4)[C@H](OCc4ccccc4)[C@H]3OCc3ccccc3)[C@@H](OCc3ccccc3)[C@H](OCc3ccccc3)[C@H]2OCc2ccccc2)[C@@H](OCc2ccccc2)[C@H](OCc2ccccc2)[C@H]1OCc1ccccc1. The first kappa shape index (κ1) is 82.1. The Hall–Kier alpha value is -9.44. The molecule has 3 heterocycles. The number of hydrogen-bond acceptors (Lipinski definition) is 14. The van der Waals surface area contributed by atoms with E-state index in [-0.39, 0.29) is 71.1 Å². The van der Waals surface area contributed by atoms with Gasteiger partial charge < -0.3 is 66.0 Å². The molecule has 0 unspecified atom stereocenters. The molecule has 594 valence electrons. The third kappa shape index (κ3) is 22.2. The van der Waals surface area contributed by atoms with Crippen LogP contribution >= 0.6 is 0 Å². The van der Waals surface area contributed by atoms with Gasteiger partial charge in [-0.2, -0.15) is 0 Å². The molecule has 15 heteroatoms. The van der Waals surface area contributed by atoms with E-state index in [0.29, 0.717) is 0 Å². The van der Waals surface area contributed by atoms with Crippen LogP contribution in [0.5, 0.6) is 0 Å². The molecule has 14 nitrogen and oxygen atoms in total. The standard InChI is InChI=1S/C100H106O14Si/c1-100(2,3)115(83-56-34-14-35-57-83,84-58-36-15-37-59-84)111-73-89-94(106-68-78-46-24-9-25-47-78)96(108-70-80-50-28-11-29-51-80)92(104-66-76-42-20-7-21-43-76)87(113-89)61-60-85-90(102-64-74-38-16-5-17-39-74)95(107-69-79-48-26-10-27-49-79)91(103-65-75-40-18-6-19-41-75)86(112-85)62-63-88-93(105-67-77-44-22-8-23-45-77)97(109-71-81-52-30-12-31-53-81)98(99(101-4)114-88)110-72-82-54-32-13-33-55-82/h5-63,85-99H,64-73H2,1-4H3/b61-60-,63-62-/t85-,86+,87+,88-,89-,90-,91+,92+,93-,94-,95+,96-,97+,98-,99+/m1/s1. The van der Waals surface area contributed by atoms with Crippen LogP contribution in [0.25, 0.3) is 0 Å². The monoisotopic (exact) mass is 1560 g/mol. The van der Waals surface area contributed by atoms with E-state index in [1.807, 2.05) is 188 Å². The van der Waals surface area contributed by atoms with Gasteiger partial charge in [0, 0.05) is 7.11 Å². The Bertz CT molecular complexity index is 4580. The van der Waals surface area contributed by atoms with E-state index >= 15 is 0 Å². The number of ether oxygens (including phenoxy) is 13. The Labute approximate surface area is 679 Å². The Morgan fingerprint density at radius 1 is 0.252 bits per heavy atom. The van der Waals surface area contributed by atoms with Gasteiger partial charge in [-0.1, -0.05) is 379 Å². The topological polar surface area (TPSA) is 129 Å². The maximum Gasteiger partial charge on any atom is 0.261 e. The zero-order valence-corrected chi connectivity index (χ0v) is 67.0. The molecule has 3 aliphatic rings. The molecule has 0 spiro atoms. The summed E-state index contributed by atoms with van der Waals surface area (Å²) in [6, 6.07) is 113. The van der Waals surface area contributed by atoms with Gasteiger partial charge in [-0.3, -0.25) is 0 Å². The third-order valence-electron chi connectivity index (χ3n) is 21.5. The lowest BCUT2D eigenvalue weighted by atomic mass is 9.90. The minimum atomic E-state index is -3.24. The molecule has 3 fully saturated rings. The molecule has 0 bridgehead atoms. The third-order valence-corrected chi connectivity index (χ3v) is 26.5. The average molecular weight is 1560 g/mol. The number of rotatable bonds is 37. The number of methoxy groups -OCH3 is 1. The summed E-state index contributed by atoms with van der Waals surface area (Å²) in [5.41, 5.74) is 8.78. The zero-order chi connectivity index (χ0) is 78.7. The lowest BCUT2D eigenvalue weighted by Gasteiger charge is -2.48. The second kappa shape index (κ2) is 41.9. The number of benzene rings is 11. The summed E-state index contributed by atoms with van der Waals surface area (Å²) in [7, 11) is -1.61. The largest absolute Gasteiger partial charge is 0.405 e. The van der Waals surface area contributed by atoms with E-state index in [1.54, 1.807) is 7.11 Å². The van der Waals surface area contributed by atoms with Crippen LogP contribution < -0.4 is 10.4 Å². The van der Waals surface area contributed by atoms with Gasteiger partial charge in [0.25, 0.3) is 8.32 Å². The van der Waals surface area contributed by atoms with E-state index in [1.165, 1.54) is 0 Å². The summed E-state index contributed by atoms with van der Waals surface area (Å²) < 4.78 is 103. The lowest BCUT2D eigenvalue weighted by molar-refractivity contribution is -0.309. The van der Waals surface area contributed by atoms with Crippen molar-refractivity contribution in [3.8, 4) is 0 Å². The second-order valence-corrected chi connectivity index (χ2v) is 34.8. The molecule has 15 atom stereocenters. The molecule has 11 aromatic rings. The predicted octanol–water partition coefficient (Wildman–Crippen LogP) is 17.9. The molecule has 115 heavy (non-hydrogen) atoms. The molecule has 0 aliphatic carbocycles. The van der Waals surface area contributed by atoms with Crippen molar-refractivity contribution in [2.75, 3.05) is 13.7 Å². The smallest absolute Gasteiger partial charge is 0.261 e. The maximum atomic E-state index is 7.96. The van der Waals surface area contributed by atoms with Crippen molar-refractivity contribution in [2.24, 2.45) is 0 Å². The fourth-order valence-corrected chi connectivity index (χ4v) is 20.2. The quantitative estimate of drug-likeness (QED) is 0.0270. The first-order valence-electron chi connectivity index (χ1n) is 40.1. The van der Waals surface area contributed by atoms with Crippen LogP contribution in [0, 0.1) is 0 Å². The molecule has 0 radical (unpaired) electrons. The van der Waals surface area contributed by atoms with Crippen molar-refractivity contribution in [3.05, 3.63) is 408 Å². The zero-order valence-electron chi connectivity index (χ0n) is 66.0. The van der Waals surface area contributed by atoms with E-state index < -0.39 is 100 Å². The van der Waals surface area contributed by atoms with Crippen molar-refractivity contribution in [2.45, 2.75) is 177 Å². The average Bonchev–Trinajstić information content (AvgIpc) is 0.744. The Morgan fingerprint density at radius 2 is 0.461 bits per heavy atom. The van der Waals surface area contributed by atoms with Crippen molar-refractivity contribution < 1.29 is 66.0 Å². The highest BCUT2D eigenvalue weighted by atomic mass is 28.4. The molecule has 3 aliphatic heterocycles. The predicted molar refractivity (Wildman–Crippen MR) is 450 cm³/mol. The summed E-state index contributed by atoms with van der Waals surface area (Å²) in [6.45, 7) is 9.13. The van der Waals surface area contributed by atoms with Gasteiger partial charge in [0.05, 0.1) is 66.1 Å². The van der Waals surface area contributed by atoms with Crippen LogP contribution in [0.3, 0.4) is 0 Å².